The molecule has 0 spiro atoms. The average Bonchev–Trinajstić information content (AvgIpc) is 2.35. The van der Waals surface area contributed by atoms with Gasteiger partial charge in [-0.15, -0.1) is 0 Å². The highest BCUT2D eigenvalue weighted by Crippen LogP contribution is 2.26. The van der Waals surface area contributed by atoms with Gasteiger partial charge in [-0.25, -0.2) is 18.7 Å². The number of hydrogen-bond acceptors (Lipinski definition) is 2. The molecule has 2 rings (SSSR count). The highest BCUT2D eigenvalue weighted by Gasteiger charge is 2.16. The summed E-state index contributed by atoms with van der Waals surface area (Å²) in [6.07, 6.45) is 3.35. The van der Waals surface area contributed by atoms with Crippen LogP contribution in [0.5, 0.6) is 0 Å². The lowest BCUT2D eigenvalue weighted by atomic mass is 10.1. The minimum atomic E-state index is -0.551. The Morgan fingerprint density at radius 3 is 2.24 bits per heavy atom. The maximum atomic E-state index is 13.4. The first-order valence-electron chi connectivity index (χ1n) is 5.02. The molecule has 1 unspecified atom stereocenters. The Hall–Kier alpha value is -1.36. The number of hydrogen-bond donors (Lipinski definition) is 0. The topological polar surface area (TPSA) is 25.8 Å². The molecule has 17 heavy (non-hydrogen) atoms. The van der Waals surface area contributed by atoms with Crippen LogP contribution in [0, 0.1) is 11.6 Å². The minimum absolute atomic E-state index is 0.0434. The van der Waals surface area contributed by atoms with E-state index in [-0.39, 0.29) is 16.8 Å². The number of rotatable bonds is 3. The van der Waals surface area contributed by atoms with E-state index in [0.29, 0.717) is 5.82 Å². The summed E-state index contributed by atoms with van der Waals surface area (Å²) >= 11 is 3.33. The summed E-state index contributed by atoms with van der Waals surface area (Å²) in [5.41, 5.74) is 0.0434. The molecule has 1 aromatic heterocycles. The Morgan fingerprint density at radius 2 is 1.65 bits per heavy atom. The zero-order valence-electron chi connectivity index (χ0n) is 8.78. The maximum absolute atomic E-state index is 13.4. The number of aromatic nitrogens is 2. The van der Waals surface area contributed by atoms with Crippen molar-refractivity contribution in [3.05, 3.63) is 59.7 Å². The normalized spacial score (nSPS) is 12.4. The molecule has 0 aliphatic rings. The summed E-state index contributed by atoms with van der Waals surface area (Å²) in [6, 6.07) is 5.51. The van der Waals surface area contributed by atoms with Crippen molar-refractivity contribution >= 4 is 15.9 Å². The molecule has 0 N–H and O–H groups in total. The second kappa shape index (κ2) is 5.31. The molecule has 1 heterocycles. The molecule has 0 saturated heterocycles. The van der Waals surface area contributed by atoms with Crippen LogP contribution in [0.1, 0.15) is 16.2 Å². The van der Waals surface area contributed by atoms with Crippen LogP contribution in [-0.4, -0.2) is 9.97 Å². The van der Waals surface area contributed by atoms with E-state index in [0.717, 1.165) is 0 Å². The molecular weight excluding hydrogens is 290 g/mol. The summed E-state index contributed by atoms with van der Waals surface area (Å²) < 4.78 is 26.8. The van der Waals surface area contributed by atoms with E-state index >= 15 is 0 Å². The van der Waals surface area contributed by atoms with Gasteiger partial charge in [-0.1, -0.05) is 22.0 Å². The first kappa shape index (κ1) is 12.1. The Morgan fingerprint density at radius 1 is 1.06 bits per heavy atom. The molecule has 1 atom stereocenters. The van der Waals surface area contributed by atoms with Gasteiger partial charge in [0.15, 0.2) is 0 Å². The predicted octanol–water partition coefficient (Wildman–Crippen LogP) is 3.43. The summed E-state index contributed by atoms with van der Waals surface area (Å²) in [7, 11) is 0. The van der Waals surface area contributed by atoms with Gasteiger partial charge in [-0.3, -0.25) is 0 Å². The number of halogens is 3. The second-order valence-electron chi connectivity index (χ2n) is 3.48. The molecule has 0 aliphatic carbocycles. The van der Waals surface area contributed by atoms with Crippen molar-refractivity contribution < 1.29 is 8.78 Å². The Balaban J connectivity index is 2.22. The average molecular weight is 299 g/mol. The van der Waals surface area contributed by atoms with Crippen molar-refractivity contribution in [3.8, 4) is 0 Å². The van der Waals surface area contributed by atoms with E-state index < -0.39 is 11.6 Å². The van der Waals surface area contributed by atoms with Crippen molar-refractivity contribution in [1.82, 2.24) is 9.97 Å². The zero-order chi connectivity index (χ0) is 12.3. The predicted molar refractivity (Wildman–Crippen MR) is 63.8 cm³/mol. The van der Waals surface area contributed by atoms with E-state index in [1.807, 2.05) is 0 Å². The van der Waals surface area contributed by atoms with Crippen LogP contribution in [0.3, 0.4) is 0 Å². The fourth-order valence-electron chi connectivity index (χ4n) is 1.47. The van der Waals surface area contributed by atoms with Crippen LogP contribution in [0.25, 0.3) is 0 Å². The van der Waals surface area contributed by atoms with Gasteiger partial charge in [0.1, 0.15) is 17.5 Å². The van der Waals surface area contributed by atoms with Crippen molar-refractivity contribution in [2.45, 2.75) is 11.2 Å². The van der Waals surface area contributed by atoms with Crippen LogP contribution in [0.2, 0.25) is 0 Å². The monoisotopic (exact) mass is 298 g/mol. The molecular formula is C12H9BrF2N2. The van der Waals surface area contributed by atoms with Gasteiger partial charge < -0.3 is 0 Å². The highest BCUT2D eigenvalue weighted by molar-refractivity contribution is 9.09. The van der Waals surface area contributed by atoms with Crippen LogP contribution in [-0.2, 0) is 6.42 Å². The second-order valence-corrected chi connectivity index (χ2v) is 4.58. The van der Waals surface area contributed by atoms with E-state index in [1.165, 1.54) is 18.2 Å². The fraction of sp³-hybridized carbons (Fsp3) is 0.167. The molecule has 2 nitrogen and oxygen atoms in total. The van der Waals surface area contributed by atoms with Crippen LogP contribution >= 0.6 is 15.9 Å². The lowest BCUT2D eigenvalue weighted by molar-refractivity contribution is 0.552. The lowest BCUT2D eigenvalue weighted by Gasteiger charge is -2.09. The van der Waals surface area contributed by atoms with Crippen LogP contribution in [0.4, 0.5) is 8.78 Å². The molecule has 0 radical (unpaired) electrons. The quantitative estimate of drug-likeness (QED) is 0.811. The SMILES string of the molecule is Fc1cccc(F)c1CC(Br)c1ncccn1. The Kier molecular flexibility index (Phi) is 3.78. The summed E-state index contributed by atoms with van der Waals surface area (Å²) in [5.74, 6) is -0.592. The van der Waals surface area contributed by atoms with Crippen molar-refractivity contribution in [2.75, 3.05) is 0 Å². The molecule has 0 saturated carbocycles. The first-order chi connectivity index (χ1) is 8.18. The van der Waals surface area contributed by atoms with E-state index in [9.17, 15) is 8.78 Å². The summed E-state index contributed by atoms with van der Waals surface area (Å²) in [5, 5.41) is 0. The summed E-state index contributed by atoms with van der Waals surface area (Å²) in [6.45, 7) is 0. The first-order valence-corrected chi connectivity index (χ1v) is 5.94. The molecule has 5 heteroatoms. The number of alkyl halides is 1. The van der Waals surface area contributed by atoms with E-state index in [1.54, 1.807) is 18.5 Å². The fourth-order valence-corrected chi connectivity index (χ4v) is 2.03. The van der Waals surface area contributed by atoms with Gasteiger partial charge in [0.2, 0.25) is 0 Å². The van der Waals surface area contributed by atoms with E-state index in [4.69, 9.17) is 0 Å². The van der Waals surface area contributed by atoms with Crippen LogP contribution in [0.15, 0.2) is 36.7 Å². The van der Waals surface area contributed by atoms with Gasteiger partial charge in [-0.05, 0) is 24.6 Å². The Labute approximate surface area is 106 Å². The maximum Gasteiger partial charge on any atom is 0.142 e. The third-order valence-electron chi connectivity index (χ3n) is 2.31. The molecule has 0 fully saturated rings. The van der Waals surface area contributed by atoms with Gasteiger partial charge in [0, 0.05) is 18.0 Å². The molecule has 0 bridgehead atoms. The third kappa shape index (κ3) is 2.85. The van der Waals surface area contributed by atoms with Gasteiger partial charge in [-0.2, -0.15) is 0 Å². The van der Waals surface area contributed by atoms with Gasteiger partial charge in [0.05, 0.1) is 4.83 Å². The number of benzene rings is 1. The van der Waals surface area contributed by atoms with Gasteiger partial charge in [0.25, 0.3) is 0 Å². The van der Waals surface area contributed by atoms with Gasteiger partial charge >= 0.3 is 0 Å². The molecule has 0 aliphatic heterocycles. The smallest absolute Gasteiger partial charge is 0.142 e. The molecule has 2 aromatic rings. The zero-order valence-corrected chi connectivity index (χ0v) is 10.4. The standard InChI is InChI=1S/C12H9BrF2N2/c13-9(12-16-5-2-6-17-12)7-8-10(14)3-1-4-11(8)15/h1-6,9H,7H2. The molecule has 0 amide bonds. The largest absolute Gasteiger partial charge is 0.240 e. The van der Waals surface area contributed by atoms with Crippen LogP contribution < -0.4 is 0 Å². The third-order valence-corrected chi connectivity index (χ3v) is 3.04. The molecule has 1 aromatic carbocycles. The van der Waals surface area contributed by atoms with Crippen molar-refractivity contribution in [2.24, 2.45) is 0 Å². The van der Waals surface area contributed by atoms with E-state index in [2.05, 4.69) is 25.9 Å². The number of nitrogens with zero attached hydrogens (tertiary/aromatic N) is 2. The summed E-state index contributed by atoms with van der Waals surface area (Å²) in [4.78, 5) is 7.75. The van der Waals surface area contributed by atoms with Crippen molar-refractivity contribution in [1.29, 1.82) is 0 Å². The minimum Gasteiger partial charge on any atom is -0.240 e. The molecule has 88 valence electrons. The lowest BCUT2D eigenvalue weighted by Crippen LogP contribution is -2.04. The Bertz CT molecular complexity index is 485. The van der Waals surface area contributed by atoms with Crippen molar-refractivity contribution in [3.63, 3.8) is 0 Å². The highest BCUT2D eigenvalue weighted by atomic mass is 79.9.